The first kappa shape index (κ1) is 14.9. The molecule has 6 heteroatoms. The van der Waals surface area contributed by atoms with Crippen molar-refractivity contribution in [3.8, 4) is 5.75 Å². The molecular weight excluding hydrogens is 278 g/mol. The number of alkyl halides is 2. The largest absolute Gasteiger partial charge is 0.435 e. The lowest BCUT2D eigenvalue weighted by atomic mass is 10.1. The van der Waals surface area contributed by atoms with Gasteiger partial charge in [0.2, 0.25) is 0 Å². The summed E-state index contributed by atoms with van der Waals surface area (Å²) in [6.07, 6.45) is 0. The number of carbonyl (C=O) groups excluding carboxylic acids is 1. The molecule has 4 nitrogen and oxygen atoms in total. The van der Waals surface area contributed by atoms with E-state index < -0.39 is 6.61 Å². The van der Waals surface area contributed by atoms with Gasteiger partial charge in [0.1, 0.15) is 5.75 Å². The average molecular weight is 292 g/mol. The number of benzene rings is 2. The van der Waals surface area contributed by atoms with Crippen molar-refractivity contribution >= 4 is 11.6 Å². The van der Waals surface area contributed by atoms with Crippen molar-refractivity contribution in [1.82, 2.24) is 0 Å². The summed E-state index contributed by atoms with van der Waals surface area (Å²) >= 11 is 0. The second-order valence-electron chi connectivity index (χ2n) is 4.26. The van der Waals surface area contributed by atoms with E-state index in [2.05, 4.69) is 10.1 Å². The SMILES string of the molecule is NCc1cccc(NC(=O)c2ccc(OC(F)F)cc2)c1. The minimum absolute atomic E-state index is 0.00618. The number of halogens is 2. The molecule has 3 N–H and O–H groups in total. The first-order chi connectivity index (χ1) is 10.1. The van der Waals surface area contributed by atoms with Crippen LogP contribution >= 0.6 is 0 Å². The zero-order valence-corrected chi connectivity index (χ0v) is 11.1. The Balaban J connectivity index is 2.05. The quantitative estimate of drug-likeness (QED) is 0.890. The molecule has 21 heavy (non-hydrogen) atoms. The Morgan fingerprint density at radius 3 is 2.52 bits per heavy atom. The van der Waals surface area contributed by atoms with Crippen LogP contribution in [0.15, 0.2) is 48.5 Å². The Bertz CT molecular complexity index is 615. The van der Waals surface area contributed by atoms with Gasteiger partial charge in [0.15, 0.2) is 0 Å². The van der Waals surface area contributed by atoms with E-state index in [0.29, 0.717) is 17.8 Å². The Hall–Kier alpha value is -2.47. The van der Waals surface area contributed by atoms with E-state index in [1.807, 2.05) is 6.07 Å². The topological polar surface area (TPSA) is 64.3 Å². The molecular formula is C15H14F2N2O2. The van der Waals surface area contributed by atoms with Crippen LogP contribution in [0.5, 0.6) is 5.75 Å². The lowest BCUT2D eigenvalue weighted by Crippen LogP contribution is -2.12. The third-order valence-corrected chi connectivity index (χ3v) is 2.76. The van der Waals surface area contributed by atoms with Gasteiger partial charge in [0.05, 0.1) is 0 Å². The molecule has 2 aromatic rings. The molecule has 2 rings (SSSR count). The van der Waals surface area contributed by atoms with E-state index in [1.54, 1.807) is 18.2 Å². The van der Waals surface area contributed by atoms with Crippen LogP contribution < -0.4 is 15.8 Å². The Morgan fingerprint density at radius 1 is 1.19 bits per heavy atom. The molecule has 110 valence electrons. The van der Waals surface area contributed by atoms with Gasteiger partial charge in [-0.1, -0.05) is 12.1 Å². The number of nitrogens with two attached hydrogens (primary N) is 1. The fourth-order valence-corrected chi connectivity index (χ4v) is 1.77. The summed E-state index contributed by atoms with van der Waals surface area (Å²) in [5.74, 6) is -0.334. The smallest absolute Gasteiger partial charge is 0.387 e. The highest BCUT2D eigenvalue weighted by atomic mass is 19.3. The van der Waals surface area contributed by atoms with Gasteiger partial charge in [0.25, 0.3) is 5.91 Å². The average Bonchev–Trinajstić information content (AvgIpc) is 2.47. The van der Waals surface area contributed by atoms with Crippen molar-refractivity contribution in [3.63, 3.8) is 0 Å². The van der Waals surface area contributed by atoms with Gasteiger partial charge in [0, 0.05) is 17.8 Å². The summed E-state index contributed by atoms with van der Waals surface area (Å²) in [6, 6.07) is 12.6. The predicted octanol–water partition coefficient (Wildman–Crippen LogP) is 3.00. The van der Waals surface area contributed by atoms with Gasteiger partial charge in [-0.2, -0.15) is 8.78 Å². The van der Waals surface area contributed by atoms with Gasteiger partial charge in [-0.3, -0.25) is 4.79 Å². The van der Waals surface area contributed by atoms with Crippen molar-refractivity contribution in [3.05, 3.63) is 59.7 Å². The highest BCUT2D eigenvalue weighted by molar-refractivity contribution is 6.04. The van der Waals surface area contributed by atoms with Crippen LogP contribution in [0.25, 0.3) is 0 Å². The second kappa shape index (κ2) is 6.81. The van der Waals surface area contributed by atoms with Crippen LogP contribution in [0.2, 0.25) is 0 Å². The molecule has 0 radical (unpaired) electrons. The zero-order chi connectivity index (χ0) is 15.2. The van der Waals surface area contributed by atoms with Crippen LogP contribution in [0.3, 0.4) is 0 Å². The van der Waals surface area contributed by atoms with E-state index in [-0.39, 0.29) is 11.7 Å². The minimum atomic E-state index is -2.89. The normalized spacial score (nSPS) is 10.5. The molecule has 0 saturated carbocycles. The molecule has 0 aromatic heterocycles. The fourth-order valence-electron chi connectivity index (χ4n) is 1.77. The first-order valence-corrected chi connectivity index (χ1v) is 6.23. The molecule has 0 aliphatic heterocycles. The highest BCUT2D eigenvalue weighted by Gasteiger charge is 2.08. The molecule has 0 spiro atoms. The number of amides is 1. The zero-order valence-electron chi connectivity index (χ0n) is 11.1. The van der Waals surface area contributed by atoms with Gasteiger partial charge in [-0.05, 0) is 42.0 Å². The number of hydrogen-bond donors (Lipinski definition) is 2. The maximum absolute atomic E-state index is 12.0. The molecule has 0 aliphatic carbocycles. The fraction of sp³-hybridized carbons (Fsp3) is 0.133. The van der Waals surface area contributed by atoms with Crippen molar-refractivity contribution in [1.29, 1.82) is 0 Å². The van der Waals surface area contributed by atoms with E-state index in [9.17, 15) is 13.6 Å². The highest BCUT2D eigenvalue weighted by Crippen LogP contribution is 2.16. The second-order valence-corrected chi connectivity index (χ2v) is 4.26. The summed E-state index contributed by atoms with van der Waals surface area (Å²) in [5, 5.41) is 2.71. The van der Waals surface area contributed by atoms with Gasteiger partial charge < -0.3 is 15.8 Å². The summed E-state index contributed by atoms with van der Waals surface area (Å²) in [5.41, 5.74) is 7.39. The third-order valence-electron chi connectivity index (χ3n) is 2.76. The number of ether oxygens (including phenoxy) is 1. The maximum atomic E-state index is 12.0. The molecule has 0 unspecified atom stereocenters. The Kier molecular flexibility index (Phi) is 4.84. The molecule has 2 aromatic carbocycles. The van der Waals surface area contributed by atoms with E-state index in [0.717, 1.165) is 5.56 Å². The standard InChI is InChI=1S/C15H14F2N2O2/c16-15(17)21-13-6-4-11(5-7-13)14(20)19-12-3-1-2-10(8-12)9-18/h1-8,15H,9,18H2,(H,19,20). The van der Waals surface area contributed by atoms with Crippen LogP contribution in [-0.2, 0) is 6.54 Å². The van der Waals surface area contributed by atoms with Gasteiger partial charge >= 0.3 is 6.61 Å². The molecule has 0 bridgehead atoms. The van der Waals surface area contributed by atoms with E-state index in [1.165, 1.54) is 24.3 Å². The van der Waals surface area contributed by atoms with Crippen LogP contribution in [0, 0.1) is 0 Å². The molecule has 0 atom stereocenters. The number of nitrogens with one attached hydrogen (secondary N) is 1. The monoisotopic (exact) mass is 292 g/mol. The Morgan fingerprint density at radius 2 is 1.90 bits per heavy atom. The van der Waals surface area contributed by atoms with E-state index >= 15 is 0 Å². The maximum Gasteiger partial charge on any atom is 0.387 e. The van der Waals surface area contributed by atoms with Crippen molar-refractivity contribution in [2.45, 2.75) is 13.2 Å². The predicted molar refractivity (Wildman–Crippen MR) is 75.4 cm³/mol. The van der Waals surface area contributed by atoms with Crippen LogP contribution in [-0.4, -0.2) is 12.5 Å². The van der Waals surface area contributed by atoms with Crippen molar-refractivity contribution in [2.24, 2.45) is 5.73 Å². The number of anilines is 1. The molecule has 0 fully saturated rings. The number of rotatable bonds is 5. The molecule has 0 saturated heterocycles. The third kappa shape index (κ3) is 4.25. The van der Waals surface area contributed by atoms with Crippen LogP contribution in [0.4, 0.5) is 14.5 Å². The lowest BCUT2D eigenvalue weighted by Gasteiger charge is -2.08. The lowest BCUT2D eigenvalue weighted by molar-refractivity contribution is -0.0498. The Labute approximate surface area is 120 Å². The molecule has 0 heterocycles. The molecule has 1 amide bonds. The van der Waals surface area contributed by atoms with Crippen molar-refractivity contribution < 1.29 is 18.3 Å². The minimum Gasteiger partial charge on any atom is -0.435 e. The summed E-state index contributed by atoms with van der Waals surface area (Å²) in [7, 11) is 0. The summed E-state index contributed by atoms with van der Waals surface area (Å²) in [6.45, 7) is -2.51. The number of hydrogen-bond acceptors (Lipinski definition) is 3. The summed E-state index contributed by atoms with van der Waals surface area (Å²) in [4.78, 5) is 12.0. The first-order valence-electron chi connectivity index (χ1n) is 6.23. The van der Waals surface area contributed by atoms with Gasteiger partial charge in [-0.15, -0.1) is 0 Å². The number of carbonyl (C=O) groups is 1. The molecule has 0 aliphatic rings. The van der Waals surface area contributed by atoms with Gasteiger partial charge in [-0.25, -0.2) is 0 Å². The summed E-state index contributed by atoms with van der Waals surface area (Å²) < 4.78 is 28.3. The van der Waals surface area contributed by atoms with Crippen molar-refractivity contribution in [2.75, 3.05) is 5.32 Å². The van der Waals surface area contributed by atoms with E-state index in [4.69, 9.17) is 5.73 Å². The van der Waals surface area contributed by atoms with Crippen LogP contribution in [0.1, 0.15) is 15.9 Å².